The van der Waals surface area contributed by atoms with E-state index in [0.717, 1.165) is 12.8 Å². The van der Waals surface area contributed by atoms with Gasteiger partial charge in [-0.15, -0.1) is 0 Å². The maximum Gasteiger partial charge on any atom is 0.568 e. The number of carbonyl (C=O) groups excluding carboxylic acids is 1. The van der Waals surface area contributed by atoms with Crippen LogP contribution in [0.3, 0.4) is 0 Å². The lowest BCUT2D eigenvalue weighted by atomic mass is 10.0. The van der Waals surface area contributed by atoms with Gasteiger partial charge < -0.3 is 13.3 Å². The molecule has 0 aliphatic carbocycles. The predicted octanol–water partition coefficient (Wildman–Crippen LogP) is 7.21. The molecule has 0 N–H and O–H groups in total. The van der Waals surface area contributed by atoms with Crippen molar-refractivity contribution in [1.29, 1.82) is 0 Å². The summed E-state index contributed by atoms with van der Waals surface area (Å²) < 4.78 is 17.1. The van der Waals surface area contributed by atoms with E-state index in [9.17, 15) is 4.79 Å². The summed E-state index contributed by atoms with van der Waals surface area (Å²) >= 11 is 0. The second kappa shape index (κ2) is 19.7. The molecule has 166 valence electrons. The SMILES string of the molecule is C=CC(=O)O[Si](CCCCCCCCCCCCCCCC)(OCC)OCC. The molecular weight excluding hydrogens is 368 g/mol. The minimum absolute atomic E-state index is 0.445. The van der Waals surface area contributed by atoms with Crippen LogP contribution in [0, 0.1) is 0 Å². The second-order valence-electron chi connectivity index (χ2n) is 7.52. The highest BCUT2D eigenvalue weighted by Crippen LogP contribution is 2.21. The molecule has 0 radical (unpaired) electrons. The first-order valence-corrected chi connectivity index (χ1v) is 13.7. The van der Waals surface area contributed by atoms with Gasteiger partial charge in [-0.25, -0.2) is 4.79 Å². The Morgan fingerprint density at radius 1 is 0.714 bits per heavy atom. The molecule has 0 fully saturated rings. The van der Waals surface area contributed by atoms with Crippen LogP contribution >= 0.6 is 0 Å². The zero-order chi connectivity index (χ0) is 20.9. The van der Waals surface area contributed by atoms with E-state index >= 15 is 0 Å². The van der Waals surface area contributed by atoms with Gasteiger partial charge in [-0.05, 0) is 20.3 Å². The third-order valence-corrected chi connectivity index (χ3v) is 7.92. The fraction of sp³-hybridized carbons (Fsp3) is 0.870. The van der Waals surface area contributed by atoms with E-state index in [1.54, 1.807) is 0 Å². The Hall–Kier alpha value is -0.653. The van der Waals surface area contributed by atoms with Crippen LogP contribution in [-0.2, 0) is 18.1 Å². The first-order valence-electron chi connectivity index (χ1n) is 11.8. The van der Waals surface area contributed by atoms with Crippen molar-refractivity contribution in [2.75, 3.05) is 13.2 Å². The van der Waals surface area contributed by atoms with Gasteiger partial charge in [0.25, 0.3) is 0 Å². The highest BCUT2D eigenvalue weighted by atomic mass is 28.4. The lowest BCUT2D eigenvalue weighted by Crippen LogP contribution is -2.47. The van der Waals surface area contributed by atoms with Gasteiger partial charge in [-0.3, -0.25) is 0 Å². The van der Waals surface area contributed by atoms with Gasteiger partial charge in [0, 0.05) is 25.3 Å². The molecule has 0 unspecified atom stereocenters. The van der Waals surface area contributed by atoms with Crippen LogP contribution in [0.25, 0.3) is 0 Å². The van der Waals surface area contributed by atoms with Gasteiger partial charge in [0.1, 0.15) is 0 Å². The standard InChI is InChI=1S/C23H46O4Si/c1-5-9-10-11-12-13-14-15-16-17-18-19-20-21-22-28(25-7-3,26-8-4)27-23(24)6-2/h6H,2,5,7-22H2,1,3-4H3. The van der Waals surface area contributed by atoms with Crippen molar-refractivity contribution in [2.45, 2.75) is 117 Å². The van der Waals surface area contributed by atoms with Crippen molar-refractivity contribution < 1.29 is 18.1 Å². The normalized spacial score (nSPS) is 11.5. The molecule has 0 saturated heterocycles. The Bertz CT molecular complexity index is 368. The summed E-state index contributed by atoms with van der Waals surface area (Å²) in [5.41, 5.74) is 0. The van der Waals surface area contributed by atoms with Crippen LogP contribution in [0.4, 0.5) is 0 Å². The molecule has 0 saturated carbocycles. The van der Waals surface area contributed by atoms with Crippen molar-refractivity contribution in [3.05, 3.63) is 12.7 Å². The quantitative estimate of drug-likeness (QED) is 0.113. The molecule has 0 aliphatic rings. The number of hydrogen-bond donors (Lipinski definition) is 0. The van der Waals surface area contributed by atoms with Crippen molar-refractivity contribution in [3.63, 3.8) is 0 Å². The average molecular weight is 415 g/mol. The third kappa shape index (κ3) is 15.3. The summed E-state index contributed by atoms with van der Waals surface area (Å²) in [7, 11) is -2.90. The predicted molar refractivity (Wildman–Crippen MR) is 120 cm³/mol. The van der Waals surface area contributed by atoms with E-state index in [0.29, 0.717) is 19.3 Å². The smallest absolute Gasteiger partial charge is 0.470 e. The molecule has 0 rings (SSSR count). The number of unbranched alkanes of at least 4 members (excludes halogenated alkanes) is 13. The van der Waals surface area contributed by atoms with E-state index in [4.69, 9.17) is 13.3 Å². The Labute approximate surface area is 175 Å². The molecule has 4 nitrogen and oxygen atoms in total. The molecule has 0 spiro atoms. The van der Waals surface area contributed by atoms with Crippen LogP contribution in [-0.4, -0.2) is 28.0 Å². The second-order valence-corrected chi connectivity index (χ2v) is 10.2. The zero-order valence-corrected chi connectivity index (χ0v) is 19.9. The monoisotopic (exact) mass is 414 g/mol. The lowest BCUT2D eigenvalue weighted by Gasteiger charge is -2.27. The van der Waals surface area contributed by atoms with Crippen molar-refractivity contribution in [1.82, 2.24) is 0 Å². The average Bonchev–Trinajstić information content (AvgIpc) is 2.68. The molecule has 0 heterocycles. The van der Waals surface area contributed by atoms with Gasteiger partial charge in [0.2, 0.25) is 0 Å². The Kier molecular flexibility index (Phi) is 19.2. The maximum absolute atomic E-state index is 11.7. The molecule has 0 aromatic carbocycles. The van der Waals surface area contributed by atoms with Crippen LogP contribution in [0.5, 0.6) is 0 Å². The van der Waals surface area contributed by atoms with Gasteiger partial charge in [0.05, 0.1) is 0 Å². The van der Waals surface area contributed by atoms with E-state index in [1.807, 2.05) is 13.8 Å². The summed E-state index contributed by atoms with van der Waals surface area (Å²) in [5.74, 6) is -0.445. The molecule has 0 atom stereocenters. The van der Waals surface area contributed by atoms with E-state index in [1.165, 1.54) is 83.1 Å². The minimum Gasteiger partial charge on any atom is -0.470 e. The van der Waals surface area contributed by atoms with Crippen LogP contribution in [0.2, 0.25) is 6.04 Å². The summed E-state index contributed by atoms with van der Waals surface area (Å²) in [4.78, 5) is 11.7. The largest absolute Gasteiger partial charge is 0.568 e. The number of carbonyl (C=O) groups is 1. The zero-order valence-electron chi connectivity index (χ0n) is 18.9. The van der Waals surface area contributed by atoms with Gasteiger partial charge >= 0.3 is 14.8 Å². The number of rotatable bonds is 21. The molecule has 0 bridgehead atoms. The fourth-order valence-electron chi connectivity index (χ4n) is 3.47. The van der Waals surface area contributed by atoms with Crippen LogP contribution in [0.1, 0.15) is 111 Å². The Balaban J connectivity index is 3.76. The van der Waals surface area contributed by atoms with Crippen LogP contribution < -0.4 is 0 Å². The van der Waals surface area contributed by atoms with E-state index in [2.05, 4.69) is 13.5 Å². The summed E-state index contributed by atoms with van der Waals surface area (Å²) in [6, 6.07) is 0.701. The minimum atomic E-state index is -2.90. The maximum atomic E-state index is 11.7. The molecule has 0 aliphatic heterocycles. The first kappa shape index (κ1) is 27.3. The van der Waals surface area contributed by atoms with Crippen LogP contribution in [0.15, 0.2) is 12.7 Å². The summed E-state index contributed by atoms with van der Waals surface area (Å²) in [6.45, 7) is 10.6. The Morgan fingerprint density at radius 3 is 1.46 bits per heavy atom. The highest BCUT2D eigenvalue weighted by molar-refractivity contribution is 6.62. The fourth-order valence-corrected chi connectivity index (χ4v) is 6.01. The lowest BCUT2D eigenvalue weighted by molar-refractivity contribution is -0.133. The molecule has 0 aromatic heterocycles. The molecule has 28 heavy (non-hydrogen) atoms. The van der Waals surface area contributed by atoms with Crippen molar-refractivity contribution in [3.8, 4) is 0 Å². The Morgan fingerprint density at radius 2 is 1.11 bits per heavy atom. The third-order valence-electron chi connectivity index (χ3n) is 4.99. The van der Waals surface area contributed by atoms with E-state index < -0.39 is 14.8 Å². The molecule has 5 heteroatoms. The summed E-state index contributed by atoms with van der Waals surface area (Å²) in [6.07, 6.45) is 19.7. The highest BCUT2D eigenvalue weighted by Gasteiger charge is 2.43. The van der Waals surface area contributed by atoms with E-state index in [-0.39, 0.29) is 0 Å². The number of hydrogen-bond acceptors (Lipinski definition) is 4. The topological polar surface area (TPSA) is 44.8 Å². The van der Waals surface area contributed by atoms with Gasteiger partial charge in [0.15, 0.2) is 0 Å². The first-order chi connectivity index (χ1) is 13.6. The molecular formula is C23H46O4Si. The summed E-state index contributed by atoms with van der Waals surface area (Å²) in [5, 5.41) is 0. The van der Waals surface area contributed by atoms with Crippen molar-refractivity contribution in [2.24, 2.45) is 0 Å². The van der Waals surface area contributed by atoms with Gasteiger partial charge in [-0.1, -0.05) is 97.0 Å². The van der Waals surface area contributed by atoms with Gasteiger partial charge in [-0.2, -0.15) is 0 Å². The molecule has 0 aromatic rings. The molecule has 0 amide bonds. The van der Waals surface area contributed by atoms with Crippen molar-refractivity contribution >= 4 is 14.8 Å².